The lowest BCUT2D eigenvalue weighted by Gasteiger charge is -2.11. The lowest BCUT2D eigenvalue weighted by molar-refractivity contribution is -0.114. The monoisotopic (exact) mass is 290 g/mol. The smallest absolute Gasteiger partial charge is 0.231 e. The van der Waals surface area contributed by atoms with E-state index < -0.39 is 0 Å². The average Bonchev–Trinajstić information content (AvgIpc) is 3.14. The van der Waals surface area contributed by atoms with Gasteiger partial charge in [-0.25, -0.2) is 0 Å². The van der Waals surface area contributed by atoms with Gasteiger partial charge in [-0.15, -0.1) is 0 Å². The summed E-state index contributed by atoms with van der Waals surface area (Å²) in [5, 5.41) is 5.99. The average molecular weight is 290 g/mol. The van der Waals surface area contributed by atoms with Gasteiger partial charge >= 0.3 is 0 Å². The number of hydrogen-bond acceptors (Lipinski definition) is 5. The number of fused-ring (bicyclic) bond motifs is 1. The molecule has 1 aromatic carbocycles. The fourth-order valence-corrected chi connectivity index (χ4v) is 2.28. The van der Waals surface area contributed by atoms with E-state index >= 15 is 0 Å². The molecule has 1 amide bonds. The number of hydrogen-bond donors (Lipinski definition) is 2. The second-order valence-corrected chi connectivity index (χ2v) is 5.33. The number of benzene rings is 1. The van der Waals surface area contributed by atoms with E-state index in [1.807, 2.05) is 0 Å². The van der Waals surface area contributed by atoms with Crippen molar-refractivity contribution in [3.05, 3.63) is 17.7 Å². The molecule has 1 aliphatic heterocycles. The van der Waals surface area contributed by atoms with Gasteiger partial charge in [-0.1, -0.05) is 0 Å². The number of anilines is 1. The maximum Gasteiger partial charge on any atom is 0.231 e. The summed E-state index contributed by atoms with van der Waals surface area (Å²) in [4.78, 5) is 23.7. The van der Waals surface area contributed by atoms with Gasteiger partial charge in [0.2, 0.25) is 12.7 Å². The Morgan fingerprint density at radius 3 is 2.62 bits per heavy atom. The van der Waals surface area contributed by atoms with Crippen molar-refractivity contribution in [1.29, 1.82) is 0 Å². The Labute approximate surface area is 122 Å². The molecule has 0 atom stereocenters. The van der Waals surface area contributed by atoms with E-state index in [1.54, 1.807) is 12.1 Å². The van der Waals surface area contributed by atoms with Crippen molar-refractivity contribution in [2.45, 2.75) is 32.2 Å². The van der Waals surface area contributed by atoms with Crippen LogP contribution in [0.15, 0.2) is 12.1 Å². The zero-order chi connectivity index (χ0) is 14.8. The van der Waals surface area contributed by atoms with Gasteiger partial charge in [0.1, 0.15) is 0 Å². The van der Waals surface area contributed by atoms with Crippen molar-refractivity contribution in [3.8, 4) is 11.5 Å². The largest absolute Gasteiger partial charge is 0.454 e. The lowest BCUT2D eigenvalue weighted by Crippen LogP contribution is -2.21. The minimum Gasteiger partial charge on any atom is -0.454 e. The highest BCUT2D eigenvalue weighted by molar-refractivity contribution is 6.05. The Balaban J connectivity index is 1.76. The third kappa shape index (κ3) is 3.33. The third-order valence-corrected chi connectivity index (χ3v) is 3.49. The van der Waals surface area contributed by atoms with Crippen LogP contribution in [0.3, 0.4) is 0 Å². The topological polar surface area (TPSA) is 76.7 Å². The van der Waals surface area contributed by atoms with Crippen LogP contribution < -0.4 is 20.1 Å². The molecule has 0 unspecified atom stereocenters. The van der Waals surface area contributed by atoms with Crippen molar-refractivity contribution in [3.63, 3.8) is 0 Å². The van der Waals surface area contributed by atoms with E-state index in [9.17, 15) is 9.59 Å². The molecular formula is C15H18N2O4. The second-order valence-electron chi connectivity index (χ2n) is 5.33. The first-order chi connectivity index (χ1) is 10.1. The van der Waals surface area contributed by atoms with Gasteiger partial charge in [0, 0.05) is 37.6 Å². The van der Waals surface area contributed by atoms with Crippen molar-refractivity contribution in [1.82, 2.24) is 5.32 Å². The maximum absolute atomic E-state index is 12.4. The van der Waals surface area contributed by atoms with E-state index in [0.29, 0.717) is 41.8 Å². The first-order valence-corrected chi connectivity index (χ1v) is 7.11. The quantitative estimate of drug-likeness (QED) is 0.780. The Kier molecular flexibility index (Phi) is 3.79. The number of carbonyl (C=O) groups excluding carboxylic acids is 2. The molecule has 0 aromatic heterocycles. The number of ketones is 1. The number of carbonyl (C=O) groups is 2. The number of nitrogens with one attached hydrogen (secondary N) is 2. The Morgan fingerprint density at radius 2 is 1.95 bits per heavy atom. The van der Waals surface area contributed by atoms with Crippen LogP contribution in [0.25, 0.3) is 0 Å². The summed E-state index contributed by atoms with van der Waals surface area (Å²) in [5.41, 5.74) is 0.940. The Hall–Kier alpha value is -2.08. The van der Waals surface area contributed by atoms with Crippen molar-refractivity contribution < 1.29 is 19.1 Å². The molecule has 6 nitrogen and oxygen atoms in total. The van der Waals surface area contributed by atoms with Crippen LogP contribution in [-0.4, -0.2) is 31.1 Å². The summed E-state index contributed by atoms with van der Waals surface area (Å²) < 4.78 is 10.6. The Morgan fingerprint density at radius 1 is 1.24 bits per heavy atom. The molecule has 6 heteroatoms. The van der Waals surface area contributed by atoms with Crippen LogP contribution in [0.5, 0.6) is 11.5 Å². The molecule has 3 rings (SSSR count). The maximum atomic E-state index is 12.4. The summed E-state index contributed by atoms with van der Waals surface area (Å²) in [5.74, 6) is 0.846. The summed E-state index contributed by atoms with van der Waals surface area (Å²) in [7, 11) is 0. The van der Waals surface area contributed by atoms with Gasteiger partial charge in [0.25, 0.3) is 0 Å². The first kappa shape index (κ1) is 13.9. The molecule has 1 saturated carbocycles. The fourth-order valence-electron chi connectivity index (χ4n) is 2.28. The van der Waals surface area contributed by atoms with Crippen LogP contribution in [0, 0.1) is 0 Å². The van der Waals surface area contributed by atoms with E-state index in [1.165, 1.54) is 19.8 Å². The highest BCUT2D eigenvalue weighted by Gasteiger charge is 2.23. The predicted octanol–water partition coefficient (Wildman–Crippen LogP) is 1.70. The van der Waals surface area contributed by atoms with Crippen LogP contribution in [0.2, 0.25) is 0 Å². The van der Waals surface area contributed by atoms with Gasteiger partial charge in [0.05, 0.1) is 5.69 Å². The van der Waals surface area contributed by atoms with Crippen LogP contribution in [0.4, 0.5) is 5.69 Å². The van der Waals surface area contributed by atoms with Crippen LogP contribution in [-0.2, 0) is 4.79 Å². The Bertz CT molecular complexity index is 581. The third-order valence-electron chi connectivity index (χ3n) is 3.49. The van der Waals surface area contributed by atoms with Gasteiger partial charge in [-0.2, -0.15) is 0 Å². The summed E-state index contributed by atoms with van der Waals surface area (Å²) in [6.07, 6.45) is 2.77. The second kappa shape index (κ2) is 5.73. The number of Topliss-reactive ketones (excluding diaryl/α,β-unsaturated/α-hetero) is 1. The number of ether oxygens (including phenoxy) is 2. The minimum atomic E-state index is -0.223. The lowest BCUT2D eigenvalue weighted by atomic mass is 10.0. The molecule has 112 valence electrons. The van der Waals surface area contributed by atoms with Crippen LogP contribution >= 0.6 is 0 Å². The van der Waals surface area contributed by atoms with E-state index in [4.69, 9.17) is 9.47 Å². The van der Waals surface area contributed by atoms with Gasteiger partial charge < -0.3 is 20.1 Å². The first-order valence-electron chi connectivity index (χ1n) is 7.11. The predicted molar refractivity (Wildman–Crippen MR) is 76.8 cm³/mol. The molecule has 2 N–H and O–H groups in total. The number of amides is 1. The molecule has 0 bridgehead atoms. The normalized spacial score (nSPS) is 15.9. The molecule has 0 radical (unpaired) electrons. The van der Waals surface area contributed by atoms with Gasteiger partial charge in [0.15, 0.2) is 17.3 Å². The molecular weight excluding hydrogens is 272 g/mol. The minimum absolute atomic E-state index is 0.0230. The standard InChI is InChI=1S/C15H18N2O4/c1-9(18)17-12-7-15-14(20-8-21-15)6-11(12)13(19)4-5-16-10-2-3-10/h6-7,10,16H,2-5,8H2,1H3,(H,17,18). The molecule has 0 saturated heterocycles. The molecule has 21 heavy (non-hydrogen) atoms. The molecule has 1 fully saturated rings. The molecule has 2 aliphatic rings. The molecule has 1 heterocycles. The van der Waals surface area contributed by atoms with Crippen LogP contribution in [0.1, 0.15) is 36.5 Å². The summed E-state index contributed by atoms with van der Waals surface area (Å²) >= 11 is 0. The molecule has 0 spiro atoms. The highest BCUT2D eigenvalue weighted by Crippen LogP contribution is 2.37. The zero-order valence-electron chi connectivity index (χ0n) is 11.9. The van der Waals surface area contributed by atoms with Gasteiger partial charge in [-0.3, -0.25) is 9.59 Å². The van der Waals surface area contributed by atoms with Crippen molar-refractivity contribution >= 4 is 17.4 Å². The van der Waals surface area contributed by atoms with Crippen molar-refractivity contribution in [2.75, 3.05) is 18.7 Å². The SMILES string of the molecule is CC(=O)Nc1cc2c(cc1C(=O)CCNC1CC1)OCO2. The summed E-state index contributed by atoms with van der Waals surface area (Å²) in [6.45, 7) is 2.20. The molecule has 1 aromatic rings. The van der Waals surface area contributed by atoms with E-state index in [-0.39, 0.29) is 18.5 Å². The fraction of sp³-hybridized carbons (Fsp3) is 0.467. The highest BCUT2D eigenvalue weighted by atomic mass is 16.7. The number of rotatable bonds is 6. The zero-order valence-corrected chi connectivity index (χ0v) is 11.9. The van der Waals surface area contributed by atoms with E-state index in [2.05, 4.69) is 10.6 Å². The molecule has 1 aliphatic carbocycles. The van der Waals surface area contributed by atoms with Crippen molar-refractivity contribution in [2.24, 2.45) is 0 Å². The van der Waals surface area contributed by atoms with Gasteiger partial charge in [-0.05, 0) is 18.9 Å². The summed E-state index contributed by atoms with van der Waals surface area (Å²) in [6, 6.07) is 3.86. The van der Waals surface area contributed by atoms with E-state index in [0.717, 1.165) is 0 Å².